The van der Waals surface area contributed by atoms with Gasteiger partial charge in [0.1, 0.15) is 5.58 Å². The van der Waals surface area contributed by atoms with Crippen molar-refractivity contribution in [2.75, 3.05) is 13.1 Å². The van der Waals surface area contributed by atoms with E-state index in [0.717, 1.165) is 10.9 Å². The summed E-state index contributed by atoms with van der Waals surface area (Å²) in [5, 5.41) is 0.926. The van der Waals surface area contributed by atoms with Gasteiger partial charge in [-0.1, -0.05) is 23.8 Å². The van der Waals surface area contributed by atoms with E-state index >= 15 is 0 Å². The van der Waals surface area contributed by atoms with Crippen molar-refractivity contribution >= 4 is 34.1 Å². The number of nitrogens with zero attached hydrogens (tertiary/aromatic N) is 1. The van der Waals surface area contributed by atoms with Crippen LogP contribution in [0.2, 0.25) is 0 Å². The van der Waals surface area contributed by atoms with E-state index in [1.165, 1.54) is 0 Å². The molecular formula is C14H16N2O2S. The zero-order chi connectivity index (χ0) is 14.0. The number of thiocarbonyl (C=S) groups is 1. The van der Waals surface area contributed by atoms with Crippen molar-refractivity contribution in [3.8, 4) is 0 Å². The highest BCUT2D eigenvalue weighted by Gasteiger charge is 2.19. The molecule has 5 heteroatoms. The molecule has 0 bridgehead atoms. The SMILES string of the molecule is CCN(CC(N)=S)C(=O)c1cc2cc(C)ccc2o1. The lowest BCUT2D eigenvalue weighted by molar-refractivity contribution is 0.0758. The summed E-state index contributed by atoms with van der Waals surface area (Å²) in [7, 11) is 0. The fourth-order valence-corrected chi connectivity index (χ4v) is 2.10. The van der Waals surface area contributed by atoms with Gasteiger partial charge in [-0.25, -0.2) is 0 Å². The normalized spacial score (nSPS) is 10.6. The van der Waals surface area contributed by atoms with Crippen LogP contribution in [0.5, 0.6) is 0 Å². The summed E-state index contributed by atoms with van der Waals surface area (Å²) in [6, 6.07) is 7.56. The minimum Gasteiger partial charge on any atom is -0.451 e. The molecule has 4 nitrogen and oxygen atoms in total. The quantitative estimate of drug-likeness (QED) is 0.872. The van der Waals surface area contributed by atoms with Gasteiger partial charge in [-0.05, 0) is 32.0 Å². The van der Waals surface area contributed by atoms with Crippen LogP contribution < -0.4 is 5.73 Å². The van der Waals surface area contributed by atoms with Crippen LogP contribution in [0.15, 0.2) is 28.7 Å². The van der Waals surface area contributed by atoms with Crippen LogP contribution in [-0.4, -0.2) is 28.9 Å². The van der Waals surface area contributed by atoms with E-state index in [0.29, 0.717) is 22.9 Å². The summed E-state index contributed by atoms with van der Waals surface area (Å²) in [4.78, 5) is 14.1. The highest BCUT2D eigenvalue weighted by molar-refractivity contribution is 7.80. The summed E-state index contributed by atoms with van der Waals surface area (Å²) >= 11 is 4.84. The van der Waals surface area contributed by atoms with E-state index in [-0.39, 0.29) is 12.5 Å². The lowest BCUT2D eigenvalue weighted by Crippen LogP contribution is -2.37. The van der Waals surface area contributed by atoms with Gasteiger partial charge >= 0.3 is 0 Å². The number of amides is 1. The summed E-state index contributed by atoms with van der Waals surface area (Å²) in [6.45, 7) is 4.68. The largest absolute Gasteiger partial charge is 0.451 e. The van der Waals surface area contributed by atoms with E-state index in [1.807, 2.05) is 32.0 Å². The number of aryl methyl sites for hydroxylation is 1. The van der Waals surface area contributed by atoms with Crippen molar-refractivity contribution in [3.05, 3.63) is 35.6 Å². The predicted molar refractivity (Wildman–Crippen MR) is 79.3 cm³/mol. The first-order valence-corrected chi connectivity index (χ1v) is 6.50. The second-order valence-electron chi connectivity index (χ2n) is 4.44. The first kappa shape index (κ1) is 13.5. The molecule has 2 rings (SSSR count). The summed E-state index contributed by atoms with van der Waals surface area (Å²) < 4.78 is 5.57. The van der Waals surface area contributed by atoms with Gasteiger partial charge in [-0.2, -0.15) is 0 Å². The average Bonchev–Trinajstić information content (AvgIpc) is 2.77. The summed E-state index contributed by atoms with van der Waals surface area (Å²) in [6.07, 6.45) is 0. The van der Waals surface area contributed by atoms with Crippen molar-refractivity contribution in [2.45, 2.75) is 13.8 Å². The minimum absolute atomic E-state index is 0.191. The van der Waals surface area contributed by atoms with Gasteiger partial charge in [0.05, 0.1) is 11.5 Å². The van der Waals surface area contributed by atoms with Crippen LogP contribution >= 0.6 is 12.2 Å². The Kier molecular flexibility index (Phi) is 3.85. The lowest BCUT2D eigenvalue weighted by Gasteiger charge is -2.18. The van der Waals surface area contributed by atoms with Crippen molar-refractivity contribution in [1.82, 2.24) is 4.90 Å². The first-order valence-electron chi connectivity index (χ1n) is 6.09. The van der Waals surface area contributed by atoms with Gasteiger partial charge in [0.15, 0.2) is 5.76 Å². The maximum Gasteiger partial charge on any atom is 0.289 e. The summed E-state index contributed by atoms with van der Waals surface area (Å²) in [5.41, 5.74) is 7.32. The Hall–Kier alpha value is -1.88. The van der Waals surface area contributed by atoms with Crippen molar-refractivity contribution in [3.63, 3.8) is 0 Å². The van der Waals surface area contributed by atoms with Gasteiger partial charge in [-0.15, -0.1) is 0 Å². The fourth-order valence-electron chi connectivity index (χ4n) is 1.94. The lowest BCUT2D eigenvalue weighted by atomic mass is 10.2. The molecular weight excluding hydrogens is 260 g/mol. The third kappa shape index (κ3) is 2.93. The molecule has 0 atom stereocenters. The molecule has 0 aliphatic carbocycles. The van der Waals surface area contributed by atoms with E-state index in [1.54, 1.807) is 11.0 Å². The van der Waals surface area contributed by atoms with Crippen LogP contribution in [0.1, 0.15) is 23.0 Å². The molecule has 2 N–H and O–H groups in total. The molecule has 0 saturated heterocycles. The molecule has 0 saturated carbocycles. The van der Waals surface area contributed by atoms with Crippen molar-refractivity contribution in [2.24, 2.45) is 5.73 Å². The summed E-state index contributed by atoms with van der Waals surface area (Å²) in [5.74, 6) is 0.128. The Labute approximate surface area is 117 Å². The Balaban J connectivity index is 2.32. The number of carbonyl (C=O) groups is 1. The Morgan fingerprint density at radius 3 is 2.79 bits per heavy atom. The number of fused-ring (bicyclic) bond motifs is 1. The first-order chi connectivity index (χ1) is 9.01. The van der Waals surface area contributed by atoms with Crippen LogP contribution in [-0.2, 0) is 0 Å². The highest BCUT2D eigenvalue weighted by atomic mass is 32.1. The van der Waals surface area contributed by atoms with Gasteiger partial charge in [0.2, 0.25) is 0 Å². The van der Waals surface area contributed by atoms with Crippen molar-refractivity contribution in [1.29, 1.82) is 0 Å². The Morgan fingerprint density at radius 2 is 2.16 bits per heavy atom. The monoisotopic (exact) mass is 276 g/mol. The van der Waals surface area contributed by atoms with E-state index in [2.05, 4.69) is 0 Å². The number of benzene rings is 1. The predicted octanol–water partition coefficient (Wildman–Crippen LogP) is 2.49. The Morgan fingerprint density at radius 1 is 1.42 bits per heavy atom. The molecule has 1 heterocycles. The Bertz CT molecular complexity index is 633. The average molecular weight is 276 g/mol. The molecule has 1 amide bonds. The standard InChI is InChI=1S/C14H16N2O2S/c1-3-16(8-13(15)19)14(17)12-7-10-6-9(2)4-5-11(10)18-12/h4-7H,3,8H2,1-2H3,(H2,15,19). The van der Waals surface area contributed by atoms with Gasteiger partial charge in [-0.3, -0.25) is 4.79 Å². The van der Waals surface area contributed by atoms with Crippen LogP contribution in [0.3, 0.4) is 0 Å². The fraction of sp³-hybridized carbons (Fsp3) is 0.286. The molecule has 1 aromatic heterocycles. The minimum atomic E-state index is -0.191. The molecule has 0 unspecified atom stereocenters. The third-order valence-electron chi connectivity index (χ3n) is 2.90. The molecule has 2 aromatic rings. The molecule has 100 valence electrons. The molecule has 19 heavy (non-hydrogen) atoms. The second-order valence-corrected chi connectivity index (χ2v) is 4.96. The molecule has 0 aliphatic heterocycles. The van der Waals surface area contributed by atoms with Crippen molar-refractivity contribution < 1.29 is 9.21 Å². The van der Waals surface area contributed by atoms with E-state index in [9.17, 15) is 4.79 Å². The second kappa shape index (κ2) is 5.40. The number of hydrogen-bond acceptors (Lipinski definition) is 3. The zero-order valence-electron chi connectivity index (χ0n) is 11.0. The van der Waals surface area contributed by atoms with Gasteiger partial charge in [0, 0.05) is 11.9 Å². The van der Waals surface area contributed by atoms with Gasteiger partial charge < -0.3 is 15.1 Å². The molecule has 0 aliphatic rings. The number of rotatable bonds is 4. The van der Waals surface area contributed by atoms with E-state index < -0.39 is 0 Å². The number of likely N-dealkylation sites (N-methyl/N-ethyl adjacent to an activating group) is 1. The maximum atomic E-state index is 12.3. The van der Waals surface area contributed by atoms with Crippen LogP contribution in [0.25, 0.3) is 11.0 Å². The zero-order valence-corrected chi connectivity index (χ0v) is 11.8. The smallest absolute Gasteiger partial charge is 0.289 e. The molecule has 1 aromatic carbocycles. The maximum absolute atomic E-state index is 12.3. The van der Waals surface area contributed by atoms with Gasteiger partial charge in [0.25, 0.3) is 5.91 Å². The van der Waals surface area contributed by atoms with E-state index in [4.69, 9.17) is 22.4 Å². The number of furan rings is 1. The number of carbonyl (C=O) groups excluding carboxylic acids is 1. The van der Waals surface area contributed by atoms with Crippen LogP contribution in [0.4, 0.5) is 0 Å². The number of nitrogens with two attached hydrogens (primary N) is 1. The molecule has 0 radical (unpaired) electrons. The third-order valence-corrected chi connectivity index (χ3v) is 3.03. The highest BCUT2D eigenvalue weighted by Crippen LogP contribution is 2.21. The number of hydrogen-bond donors (Lipinski definition) is 1. The van der Waals surface area contributed by atoms with Crippen LogP contribution in [0, 0.1) is 6.92 Å². The molecule has 0 spiro atoms. The topological polar surface area (TPSA) is 59.5 Å². The molecule has 0 fully saturated rings.